The van der Waals surface area contributed by atoms with Crippen LogP contribution in [0.5, 0.6) is 0 Å². The smallest absolute Gasteiger partial charge is 0.268 e. The van der Waals surface area contributed by atoms with E-state index in [0.717, 1.165) is 42.1 Å². The third-order valence-corrected chi connectivity index (χ3v) is 7.77. The van der Waals surface area contributed by atoms with Gasteiger partial charge in [-0.2, -0.15) is 9.37 Å². The number of nitrogens with zero attached hydrogens (tertiary/aromatic N) is 4. The molecule has 33 heavy (non-hydrogen) atoms. The van der Waals surface area contributed by atoms with Gasteiger partial charge < -0.3 is 10.1 Å². The fourth-order valence-electron chi connectivity index (χ4n) is 3.84. The molecule has 1 aliphatic rings. The number of aromatic nitrogens is 4. The van der Waals surface area contributed by atoms with Crippen molar-refractivity contribution in [2.75, 3.05) is 11.9 Å². The first-order valence-corrected chi connectivity index (χ1v) is 15.7. The molecule has 0 radical (unpaired) electrons. The molecule has 2 heterocycles. The van der Waals surface area contributed by atoms with Crippen LogP contribution in [0, 0.1) is 5.95 Å². The third kappa shape index (κ3) is 5.72. The van der Waals surface area contributed by atoms with E-state index in [4.69, 9.17) is 4.74 Å². The standard InChI is InChI=1S/C22H28FN5O3SSi/c1-33(2,3)12-11-31-14-28-21(26-22(27-28)32(29)30)25-20-17-6-4-5-15(17)7-8-18(20)16-9-10-24-19(23)13-16/h7-10,13H,4-6,11-12,14H2,1-3H3,(H,29,30)(H,25,26,27). The zero-order valence-corrected chi connectivity index (χ0v) is 20.8. The van der Waals surface area contributed by atoms with Crippen LogP contribution >= 0.6 is 0 Å². The number of halogens is 1. The number of nitrogens with one attached hydrogen (secondary N) is 1. The Hall–Kier alpha value is -2.47. The summed E-state index contributed by atoms with van der Waals surface area (Å²) in [6.07, 6.45) is 4.30. The van der Waals surface area contributed by atoms with Gasteiger partial charge in [-0.1, -0.05) is 31.8 Å². The van der Waals surface area contributed by atoms with Crippen molar-refractivity contribution in [3.63, 3.8) is 0 Å². The number of anilines is 2. The molecular formula is C22H28FN5O3SSi. The van der Waals surface area contributed by atoms with E-state index in [1.807, 2.05) is 6.07 Å². The Kier molecular flexibility index (Phi) is 7.03. The lowest BCUT2D eigenvalue weighted by Crippen LogP contribution is -2.22. The van der Waals surface area contributed by atoms with E-state index in [1.54, 1.807) is 6.07 Å². The van der Waals surface area contributed by atoms with Gasteiger partial charge in [0.25, 0.3) is 5.16 Å². The summed E-state index contributed by atoms with van der Waals surface area (Å²) in [5, 5.41) is 7.28. The molecule has 0 saturated heterocycles. The molecule has 0 aliphatic heterocycles. The van der Waals surface area contributed by atoms with Crippen LogP contribution in [0.3, 0.4) is 0 Å². The summed E-state index contributed by atoms with van der Waals surface area (Å²) in [6, 6.07) is 8.16. The van der Waals surface area contributed by atoms with Gasteiger partial charge in [0.2, 0.25) is 23.0 Å². The molecule has 2 aromatic heterocycles. The van der Waals surface area contributed by atoms with Crippen LogP contribution in [0.1, 0.15) is 17.5 Å². The van der Waals surface area contributed by atoms with Gasteiger partial charge in [-0.05, 0) is 48.1 Å². The van der Waals surface area contributed by atoms with Crippen molar-refractivity contribution in [3.8, 4) is 11.1 Å². The molecule has 0 bridgehead atoms. The van der Waals surface area contributed by atoms with Crippen LogP contribution in [0.4, 0.5) is 16.0 Å². The van der Waals surface area contributed by atoms with E-state index in [2.05, 4.69) is 46.1 Å². The van der Waals surface area contributed by atoms with Crippen molar-refractivity contribution >= 4 is 30.8 Å². The van der Waals surface area contributed by atoms with E-state index in [1.165, 1.54) is 22.5 Å². The van der Waals surface area contributed by atoms with Gasteiger partial charge in [0.05, 0.1) is 5.69 Å². The molecule has 0 spiro atoms. The summed E-state index contributed by atoms with van der Waals surface area (Å²) >= 11 is -2.33. The molecular weight excluding hydrogens is 461 g/mol. The van der Waals surface area contributed by atoms with Crippen LogP contribution in [-0.4, -0.2) is 43.2 Å². The monoisotopic (exact) mass is 489 g/mol. The molecule has 0 amide bonds. The van der Waals surface area contributed by atoms with Gasteiger partial charge in [0, 0.05) is 32.5 Å². The number of aryl methyl sites for hydroxylation is 1. The number of pyridine rings is 1. The van der Waals surface area contributed by atoms with Gasteiger partial charge in [-0.15, -0.1) is 5.10 Å². The minimum atomic E-state index is -2.33. The highest BCUT2D eigenvalue weighted by atomic mass is 32.2. The predicted molar refractivity (Wildman–Crippen MR) is 128 cm³/mol. The Bertz CT molecular complexity index is 1180. The summed E-state index contributed by atoms with van der Waals surface area (Å²) in [4.78, 5) is 7.90. The normalized spacial score (nSPS) is 14.3. The Morgan fingerprint density at radius 2 is 2.09 bits per heavy atom. The number of hydrogen-bond acceptors (Lipinski definition) is 6. The van der Waals surface area contributed by atoms with Crippen molar-refractivity contribution in [3.05, 3.63) is 47.5 Å². The Labute approximate surface area is 195 Å². The molecule has 0 saturated carbocycles. The van der Waals surface area contributed by atoms with Crippen molar-refractivity contribution < 1.29 is 17.9 Å². The first-order valence-electron chi connectivity index (χ1n) is 10.9. The second-order valence-electron chi connectivity index (χ2n) is 9.29. The second kappa shape index (κ2) is 9.80. The van der Waals surface area contributed by atoms with Crippen molar-refractivity contribution in [1.29, 1.82) is 0 Å². The Morgan fingerprint density at radius 1 is 1.27 bits per heavy atom. The number of benzene rings is 1. The zero-order valence-electron chi connectivity index (χ0n) is 19.0. The molecule has 8 nitrogen and oxygen atoms in total. The topological polar surface area (TPSA) is 102 Å². The summed E-state index contributed by atoms with van der Waals surface area (Å²) in [5.74, 6) is -0.257. The van der Waals surface area contributed by atoms with Crippen LogP contribution in [0.25, 0.3) is 11.1 Å². The maximum absolute atomic E-state index is 13.9. The molecule has 2 N–H and O–H groups in total. The molecule has 11 heteroatoms. The number of ether oxygens (including phenoxy) is 1. The molecule has 0 fully saturated rings. The largest absolute Gasteiger partial charge is 0.359 e. The summed E-state index contributed by atoms with van der Waals surface area (Å²) in [6.45, 7) is 7.49. The predicted octanol–water partition coefficient (Wildman–Crippen LogP) is 4.60. The third-order valence-electron chi connectivity index (χ3n) is 5.58. The Balaban J connectivity index is 1.68. The number of rotatable bonds is 9. The van der Waals surface area contributed by atoms with Crippen LogP contribution in [0.2, 0.25) is 25.7 Å². The van der Waals surface area contributed by atoms with E-state index >= 15 is 0 Å². The number of fused-ring (bicyclic) bond motifs is 1. The first kappa shape index (κ1) is 23.7. The molecule has 1 atom stereocenters. The highest BCUT2D eigenvalue weighted by Gasteiger charge is 2.22. The average Bonchev–Trinajstić information content (AvgIpc) is 3.38. The Morgan fingerprint density at radius 3 is 2.82 bits per heavy atom. The summed E-state index contributed by atoms with van der Waals surface area (Å²) in [5.41, 5.74) is 4.63. The van der Waals surface area contributed by atoms with E-state index in [0.29, 0.717) is 18.1 Å². The fraction of sp³-hybridized carbons (Fsp3) is 0.409. The van der Waals surface area contributed by atoms with Crippen molar-refractivity contribution in [2.45, 2.75) is 56.8 Å². The van der Waals surface area contributed by atoms with Crippen LogP contribution < -0.4 is 5.32 Å². The van der Waals surface area contributed by atoms with Crippen LogP contribution in [0.15, 0.2) is 35.6 Å². The lowest BCUT2D eigenvalue weighted by Gasteiger charge is -2.18. The van der Waals surface area contributed by atoms with Gasteiger partial charge in [-0.25, -0.2) is 13.9 Å². The molecule has 1 aliphatic carbocycles. The van der Waals surface area contributed by atoms with E-state index in [9.17, 15) is 13.2 Å². The molecule has 1 unspecified atom stereocenters. The van der Waals surface area contributed by atoms with Gasteiger partial charge in [0.15, 0.2) is 0 Å². The minimum Gasteiger partial charge on any atom is -0.359 e. The zero-order chi connectivity index (χ0) is 23.6. The average molecular weight is 490 g/mol. The first-order chi connectivity index (χ1) is 15.7. The summed E-state index contributed by atoms with van der Waals surface area (Å²) < 4.78 is 42.3. The SMILES string of the molecule is C[Si](C)(C)CCOCn1nc(S(=O)O)nc1Nc1c(-c2ccnc(F)c2)ccc2c1CCC2. The molecule has 176 valence electrons. The second-order valence-corrected chi connectivity index (χ2v) is 15.8. The van der Waals surface area contributed by atoms with Gasteiger partial charge in [0.1, 0.15) is 6.73 Å². The maximum Gasteiger partial charge on any atom is 0.268 e. The lowest BCUT2D eigenvalue weighted by molar-refractivity contribution is 0.0792. The van der Waals surface area contributed by atoms with Crippen molar-refractivity contribution in [2.24, 2.45) is 0 Å². The molecule has 4 rings (SSSR count). The van der Waals surface area contributed by atoms with E-state index in [-0.39, 0.29) is 11.9 Å². The van der Waals surface area contributed by atoms with E-state index < -0.39 is 25.1 Å². The molecule has 3 aromatic rings. The van der Waals surface area contributed by atoms with Gasteiger partial charge >= 0.3 is 0 Å². The van der Waals surface area contributed by atoms with Gasteiger partial charge in [-0.3, -0.25) is 4.55 Å². The minimum absolute atomic E-state index is 0.102. The molecule has 1 aromatic carbocycles. The van der Waals surface area contributed by atoms with Crippen molar-refractivity contribution in [1.82, 2.24) is 19.7 Å². The quantitative estimate of drug-likeness (QED) is 0.196. The highest BCUT2D eigenvalue weighted by molar-refractivity contribution is 7.79. The summed E-state index contributed by atoms with van der Waals surface area (Å²) in [7, 11) is -1.25. The fourth-order valence-corrected chi connectivity index (χ4v) is 4.93. The highest BCUT2D eigenvalue weighted by Crippen LogP contribution is 2.39. The van der Waals surface area contributed by atoms with Crippen LogP contribution in [-0.2, 0) is 35.4 Å². The lowest BCUT2D eigenvalue weighted by atomic mass is 9.98. The number of hydrogen-bond donors (Lipinski definition) is 2. The maximum atomic E-state index is 13.9.